The molecule has 100 valence electrons. The van der Waals surface area contributed by atoms with Gasteiger partial charge in [0.25, 0.3) is 0 Å². The van der Waals surface area contributed by atoms with Crippen LogP contribution in [0.5, 0.6) is 11.6 Å². The van der Waals surface area contributed by atoms with E-state index < -0.39 is 11.7 Å². The Labute approximate surface area is 107 Å². The van der Waals surface area contributed by atoms with Crippen LogP contribution < -0.4 is 10.5 Å². The summed E-state index contributed by atoms with van der Waals surface area (Å²) in [6.45, 7) is 0.268. The highest BCUT2D eigenvalue weighted by atomic mass is 19.4. The number of benzene rings is 1. The molecule has 0 amide bonds. The first-order chi connectivity index (χ1) is 8.99. The minimum atomic E-state index is -4.35. The van der Waals surface area contributed by atoms with E-state index in [2.05, 4.69) is 4.98 Å². The maximum atomic E-state index is 12.4. The van der Waals surface area contributed by atoms with E-state index in [4.69, 9.17) is 10.5 Å². The Balaban J connectivity index is 2.15. The lowest BCUT2D eigenvalue weighted by atomic mass is 10.2. The number of nitrogens with zero attached hydrogens (tertiary/aromatic N) is 1. The van der Waals surface area contributed by atoms with Crippen LogP contribution in [0.2, 0.25) is 0 Å². The van der Waals surface area contributed by atoms with Gasteiger partial charge in [-0.2, -0.15) is 13.2 Å². The van der Waals surface area contributed by atoms with Gasteiger partial charge in [0.1, 0.15) is 5.75 Å². The Hall–Kier alpha value is -2.08. The molecule has 3 nitrogen and oxygen atoms in total. The standard InChI is InChI=1S/C13H11F3N2O/c14-13(15,16)9-4-6-11(7-5-9)19-12-3-1-2-10(8-17)18-12/h1-7H,8,17H2. The molecule has 0 bridgehead atoms. The van der Waals surface area contributed by atoms with Crippen molar-refractivity contribution in [3.63, 3.8) is 0 Å². The van der Waals surface area contributed by atoms with Crippen LogP contribution in [-0.4, -0.2) is 4.98 Å². The molecule has 0 saturated heterocycles. The van der Waals surface area contributed by atoms with E-state index in [0.29, 0.717) is 11.6 Å². The summed E-state index contributed by atoms with van der Waals surface area (Å²) in [5.74, 6) is 0.581. The second kappa shape index (κ2) is 5.27. The summed E-state index contributed by atoms with van der Waals surface area (Å²) in [7, 11) is 0. The second-order valence-corrected chi connectivity index (χ2v) is 3.80. The van der Waals surface area contributed by atoms with Crippen LogP contribution in [-0.2, 0) is 12.7 Å². The first-order valence-electron chi connectivity index (χ1n) is 5.50. The van der Waals surface area contributed by atoms with E-state index in [-0.39, 0.29) is 12.3 Å². The summed E-state index contributed by atoms with van der Waals surface area (Å²) in [4.78, 5) is 4.09. The van der Waals surface area contributed by atoms with Crippen LogP contribution in [0.4, 0.5) is 13.2 Å². The third kappa shape index (κ3) is 3.45. The number of hydrogen-bond acceptors (Lipinski definition) is 3. The van der Waals surface area contributed by atoms with Crippen LogP contribution in [0, 0.1) is 0 Å². The van der Waals surface area contributed by atoms with Crippen LogP contribution in [0.1, 0.15) is 11.3 Å². The number of aromatic nitrogens is 1. The van der Waals surface area contributed by atoms with Gasteiger partial charge in [-0.25, -0.2) is 4.98 Å². The van der Waals surface area contributed by atoms with Gasteiger partial charge in [-0.15, -0.1) is 0 Å². The van der Waals surface area contributed by atoms with Gasteiger partial charge in [-0.3, -0.25) is 0 Å². The second-order valence-electron chi connectivity index (χ2n) is 3.80. The fraction of sp³-hybridized carbons (Fsp3) is 0.154. The Morgan fingerprint density at radius 2 is 1.74 bits per heavy atom. The molecule has 1 aromatic heterocycles. The van der Waals surface area contributed by atoms with Gasteiger partial charge in [0.05, 0.1) is 11.3 Å². The smallest absolute Gasteiger partial charge is 0.416 e. The number of pyridine rings is 1. The molecule has 0 atom stereocenters. The number of ether oxygens (including phenoxy) is 1. The summed E-state index contributed by atoms with van der Waals surface area (Å²) in [6, 6.07) is 9.48. The van der Waals surface area contributed by atoms with Gasteiger partial charge in [0.2, 0.25) is 5.88 Å². The van der Waals surface area contributed by atoms with Crippen LogP contribution in [0.15, 0.2) is 42.5 Å². The molecule has 0 aliphatic heterocycles. The summed E-state index contributed by atoms with van der Waals surface area (Å²) in [5.41, 5.74) is 5.36. The molecule has 6 heteroatoms. The topological polar surface area (TPSA) is 48.1 Å². The zero-order valence-electron chi connectivity index (χ0n) is 9.82. The lowest BCUT2D eigenvalue weighted by Gasteiger charge is -2.08. The highest BCUT2D eigenvalue weighted by Gasteiger charge is 2.30. The van der Waals surface area contributed by atoms with Crippen molar-refractivity contribution in [2.75, 3.05) is 0 Å². The number of hydrogen-bond donors (Lipinski definition) is 1. The van der Waals surface area contributed by atoms with Crippen LogP contribution in [0.25, 0.3) is 0 Å². The van der Waals surface area contributed by atoms with E-state index in [1.54, 1.807) is 18.2 Å². The SMILES string of the molecule is NCc1cccc(Oc2ccc(C(F)(F)F)cc2)n1. The Morgan fingerprint density at radius 1 is 1.05 bits per heavy atom. The van der Waals surface area contributed by atoms with E-state index in [1.165, 1.54) is 12.1 Å². The fourth-order valence-electron chi connectivity index (χ4n) is 1.46. The highest BCUT2D eigenvalue weighted by Crippen LogP contribution is 2.31. The molecule has 2 aromatic rings. The van der Waals surface area contributed by atoms with E-state index in [1.807, 2.05) is 0 Å². The first-order valence-corrected chi connectivity index (χ1v) is 5.50. The van der Waals surface area contributed by atoms with Gasteiger partial charge < -0.3 is 10.5 Å². The Morgan fingerprint density at radius 3 is 2.32 bits per heavy atom. The predicted molar refractivity (Wildman–Crippen MR) is 63.6 cm³/mol. The Bertz CT molecular complexity index is 553. The van der Waals surface area contributed by atoms with Gasteiger partial charge in [-0.05, 0) is 30.3 Å². The summed E-state index contributed by atoms with van der Waals surface area (Å²) in [6.07, 6.45) is -4.35. The molecule has 2 rings (SSSR count). The van der Waals surface area contributed by atoms with E-state index in [9.17, 15) is 13.2 Å². The minimum absolute atomic E-state index is 0.268. The van der Waals surface area contributed by atoms with Crippen molar-refractivity contribution >= 4 is 0 Å². The lowest BCUT2D eigenvalue weighted by Crippen LogP contribution is -2.04. The van der Waals surface area contributed by atoms with Gasteiger partial charge in [-0.1, -0.05) is 6.07 Å². The first kappa shape index (κ1) is 13.4. The summed E-state index contributed by atoms with van der Waals surface area (Å²) >= 11 is 0. The monoisotopic (exact) mass is 268 g/mol. The third-order valence-corrected chi connectivity index (χ3v) is 2.39. The van der Waals surface area contributed by atoms with E-state index in [0.717, 1.165) is 12.1 Å². The predicted octanol–water partition coefficient (Wildman–Crippen LogP) is 3.35. The maximum Gasteiger partial charge on any atom is 0.416 e. The van der Waals surface area contributed by atoms with Gasteiger partial charge >= 0.3 is 6.18 Å². The van der Waals surface area contributed by atoms with Crippen LogP contribution >= 0.6 is 0 Å². The third-order valence-electron chi connectivity index (χ3n) is 2.39. The highest BCUT2D eigenvalue weighted by molar-refractivity contribution is 5.32. The molecular formula is C13H11F3N2O. The molecular weight excluding hydrogens is 257 g/mol. The van der Waals surface area contributed by atoms with Crippen molar-refractivity contribution in [3.05, 3.63) is 53.7 Å². The largest absolute Gasteiger partial charge is 0.439 e. The van der Waals surface area contributed by atoms with Crippen molar-refractivity contribution in [1.29, 1.82) is 0 Å². The van der Waals surface area contributed by atoms with Crippen molar-refractivity contribution < 1.29 is 17.9 Å². The maximum absolute atomic E-state index is 12.4. The molecule has 0 aliphatic carbocycles. The molecule has 0 radical (unpaired) electrons. The number of halogens is 3. The van der Waals surface area contributed by atoms with Crippen molar-refractivity contribution in [1.82, 2.24) is 4.98 Å². The lowest BCUT2D eigenvalue weighted by molar-refractivity contribution is -0.137. The normalized spacial score (nSPS) is 11.4. The molecule has 19 heavy (non-hydrogen) atoms. The molecule has 0 fully saturated rings. The number of nitrogens with two attached hydrogens (primary N) is 1. The average molecular weight is 268 g/mol. The number of rotatable bonds is 3. The molecule has 0 saturated carbocycles. The molecule has 0 unspecified atom stereocenters. The molecule has 2 N–H and O–H groups in total. The van der Waals surface area contributed by atoms with Crippen molar-refractivity contribution in [3.8, 4) is 11.6 Å². The quantitative estimate of drug-likeness (QED) is 0.928. The molecule has 0 spiro atoms. The molecule has 0 aliphatic rings. The average Bonchev–Trinajstić information content (AvgIpc) is 2.38. The van der Waals surface area contributed by atoms with E-state index >= 15 is 0 Å². The van der Waals surface area contributed by atoms with Crippen molar-refractivity contribution in [2.45, 2.75) is 12.7 Å². The Kier molecular flexibility index (Phi) is 3.71. The summed E-state index contributed by atoms with van der Waals surface area (Å²) < 4.78 is 42.5. The van der Waals surface area contributed by atoms with Gasteiger partial charge in [0.15, 0.2) is 0 Å². The minimum Gasteiger partial charge on any atom is -0.439 e. The molecule has 1 heterocycles. The zero-order chi connectivity index (χ0) is 13.9. The zero-order valence-corrected chi connectivity index (χ0v) is 9.82. The van der Waals surface area contributed by atoms with Crippen LogP contribution in [0.3, 0.4) is 0 Å². The summed E-state index contributed by atoms with van der Waals surface area (Å²) in [5, 5.41) is 0. The molecule has 1 aromatic carbocycles. The fourth-order valence-corrected chi connectivity index (χ4v) is 1.46. The van der Waals surface area contributed by atoms with Crippen molar-refractivity contribution in [2.24, 2.45) is 5.73 Å². The number of alkyl halides is 3. The van der Waals surface area contributed by atoms with Gasteiger partial charge in [0, 0.05) is 12.6 Å².